The maximum atomic E-state index is 10.7. The molecule has 17 heavy (non-hydrogen) atoms. The van der Waals surface area contributed by atoms with Crippen molar-refractivity contribution < 1.29 is 5.11 Å². The van der Waals surface area contributed by atoms with Gasteiger partial charge in [-0.15, -0.1) is 0 Å². The second-order valence-corrected chi connectivity index (χ2v) is 7.94. The first-order valence-corrected chi connectivity index (χ1v) is 7.37. The first-order chi connectivity index (χ1) is 7.69. The van der Waals surface area contributed by atoms with Gasteiger partial charge in [-0.1, -0.05) is 48.0 Å². The average molecular weight is 238 g/mol. The van der Waals surface area contributed by atoms with Crippen LogP contribution in [0.2, 0.25) is 0 Å². The van der Waals surface area contributed by atoms with Crippen molar-refractivity contribution in [2.45, 2.75) is 66.9 Å². The zero-order valence-corrected chi connectivity index (χ0v) is 12.5. The normalized spacial score (nSPS) is 42.2. The molecule has 1 N–H and O–H groups in total. The maximum Gasteiger partial charge on any atom is 0.0607 e. The van der Waals surface area contributed by atoms with Crippen molar-refractivity contribution in [3.8, 4) is 0 Å². The average Bonchev–Trinajstić information content (AvgIpc) is 2.61. The van der Waals surface area contributed by atoms with Gasteiger partial charge in [0.25, 0.3) is 0 Å². The second-order valence-electron chi connectivity index (χ2n) is 7.94. The molecule has 0 bridgehead atoms. The Morgan fingerprint density at radius 3 is 1.88 bits per heavy atom. The number of aliphatic hydroxyl groups is 1. The van der Waals surface area contributed by atoms with Crippen LogP contribution >= 0.6 is 0 Å². The second kappa shape index (κ2) is 3.98. The van der Waals surface area contributed by atoms with Gasteiger partial charge in [-0.25, -0.2) is 0 Å². The quantitative estimate of drug-likeness (QED) is 0.768. The van der Waals surface area contributed by atoms with Crippen LogP contribution in [0.1, 0.15) is 60.8 Å². The van der Waals surface area contributed by atoms with E-state index >= 15 is 0 Å². The molecule has 0 amide bonds. The largest absolute Gasteiger partial charge is 0.393 e. The van der Waals surface area contributed by atoms with Crippen LogP contribution in [-0.4, -0.2) is 11.2 Å². The molecular weight excluding hydrogens is 208 g/mol. The molecule has 0 saturated heterocycles. The standard InChI is InChI=1S/C16H30O/c1-10-7-8-12(9-11(10)2)13(17)14-15(3,4)16(14,5)6/h10-14,17H,7-9H2,1-6H3. The summed E-state index contributed by atoms with van der Waals surface area (Å²) in [5, 5.41) is 10.7. The Hall–Kier alpha value is -0.0400. The molecule has 0 aliphatic heterocycles. The van der Waals surface area contributed by atoms with E-state index in [0.29, 0.717) is 22.7 Å². The van der Waals surface area contributed by atoms with Crippen LogP contribution in [0.5, 0.6) is 0 Å². The zero-order chi connectivity index (χ0) is 13.0. The zero-order valence-electron chi connectivity index (χ0n) is 12.5. The van der Waals surface area contributed by atoms with Crippen molar-refractivity contribution in [3.63, 3.8) is 0 Å². The molecule has 0 aromatic heterocycles. The molecule has 2 aliphatic carbocycles. The van der Waals surface area contributed by atoms with Crippen LogP contribution in [0.15, 0.2) is 0 Å². The summed E-state index contributed by atoms with van der Waals surface area (Å²) in [6.45, 7) is 14.0. The molecule has 2 saturated carbocycles. The van der Waals surface area contributed by atoms with Crippen molar-refractivity contribution in [1.82, 2.24) is 0 Å². The lowest BCUT2D eigenvalue weighted by molar-refractivity contribution is 0.0281. The molecule has 4 atom stereocenters. The third-order valence-electron chi connectivity index (χ3n) is 6.60. The Balaban J connectivity index is 2.01. The van der Waals surface area contributed by atoms with Crippen LogP contribution in [0.25, 0.3) is 0 Å². The minimum atomic E-state index is -0.0741. The Bertz CT molecular complexity index is 278. The number of rotatable bonds is 2. The van der Waals surface area contributed by atoms with Gasteiger partial charge in [-0.2, -0.15) is 0 Å². The van der Waals surface area contributed by atoms with E-state index in [1.807, 2.05) is 0 Å². The lowest BCUT2D eigenvalue weighted by atomic mass is 9.72. The van der Waals surface area contributed by atoms with Crippen LogP contribution in [-0.2, 0) is 0 Å². The van der Waals surface area contributed by atoms with Crippen molar-refractivity contribution in [1.29, 1.82) is 0 Å². The van der Waals surface area contributed by atoms with E-state index in [0.717, 1.165) is 11.8 Å². The Kier molecular flexibility index (Phi) is 3.14. The minimum Gasteiger partial charge on any atom is -0.393 e. The molecule has 1 nitrogen and oxygen atoms in total. The van der Waals surface area contributed by atoms with Crippen molar-refractivity contribution in [2.24, 2.45) is 34.5 Å². The SMILES string of the molecule is CC1CCC(C(O)C2C(C)(C)C2(C)C)CC1C. The highest BCUT2D eigenvalue weighted by Crippen LogP contribution is 2.70. The highest BCUT2D eigenvalue weighted by Gasteiger charge is 2.67. The highest BCUT2D eigenvalue weighted by atomic mass is 16.3. The molecule has 2 rings (SSSR count). The summed E-state index contributed by atoms with van der Waals surface area (Å²) in [5.41, 5.74) is 0.636. The Morgan fingerprint density at radius 2 is 1.47 bits per heavy atom. The molecule has 0 radical (unpaired) electrons. The Labute approximate surface area is 107 Å². The summed E-state index contributed by atoms with van der Waals surface area (Å²) in [7, 11) is 0. The van der Waals surface area contributed by atoms with Crippen molar-refractivity contribution in [3.05, 3.63) is 0 Å². The van der Waals surface area contributed by atoms with Gasteiger partial charge in [0.2, 0.25) is 0 Å². The molecule has 1 heteroatoms. The van der Waals surface area contributed by atoms with Crippen LogP contribution in [0, 0.1) is 34.5 Å². The summed E-state index contributed by atoms with van der Waals surface area (Å²) in [6, 6.07) is 0. The van der Waals surface area contributed by atoms with Crippen molar-refractivity contribution >= 4 is 0 Å². The predicted octanol–water partition coefficient (Wildman–Crippen LogP) is 4.10. The van der Waals surface area contributed by atoms with Gasteiger partial charge in [0.05, 0.1) is 6.10 Å². The third-order valence-corrected chi connectivity index (χ3v) is 6.60. The first-order valence-electron chi connectivity index (χ1n) is 7.37. The third kappa shape index (κ3) is 1.95. The molecule has 0 aromatic carbocycles. The Morgan fingerprint density at radius 1 is 0.941 bits per heavy atom. The van der Waals surface area contributed by atoms with Crippen molar-refractivity contribution in [2.75, 3.05) is 0 Å². The molecular formula is C16H30O. The molecule has 0 heterocycles. The van der Waals surface area contributed by atoms with E-state index in [9.17, 15) is 5.11 Å². The smallest absolute Gasteiger partial charge is 0.0607 e. The van der Waals surface area contributed by atoms with Gasteiger partial charge in [0.15, 0.2) is 0 Å². The number of hydrogen-bond acceptors (Lipinski definition) is 1. The van der Waals surface area contributed by atoms with Gasteiger partial charge >= 0.3 is 0 Å². The van der Waals surface area contributed by atoms with Crippen LogP contribution < -0.4 is 0 Å². The monoisotopic (exact) mass is 238 g/mol. The first kappa shape index (κ1) is 13.4. The fourth-order valence-electron chi connectivity index (χ4n) is 4.27. The fraction of sp³-hybridized carbons (Fsp3) is 1.00. The molecule has 2 aliphatic rings. The molecule has 100 valence electrons. The molecule has 0 aromatic rings. The van der Waals surface area contributed by atoms with Crippen LogP contribution in [0.4, 0.5) is 0 Å². The lowest BCUT2D eigenvalue weighted by Crippen LogP contribution is -2.32. The number of aliphatic hydroxyl groups excluding tert-OH is 1. The minimum absolute atomic E-state index is 0.0741. The van der Waals surface area contributed by atoms with Gasteiger partial charge in [0.1, 0.15) is 0 Å². The topological polar surface area (TPSA) is 20.2 Å². The highest BCUT2D eigenvalue weighted by molar-refractivity contribution is 5.15. The summed E-state index contributed by atoms with van der Waals surface area (Å²) in [6.07, 6.45) is 3.69. The van der Waals surface area contributed by atoms with E-state index in [4.69, 9.17) is 0 Å². The summed E-state index contributed by atoms with van der Waals surface area (Å²) in [4.78, 5) is 0. The molecule has 0 spiro atoms. The van der Waals surface area contributed by atoms with E-state index in [1.165, 1.54) is 19.3 Å². The van der Waals surface area contributed by atoms with E-state index in [1.54, 1.807) is 0 Å². The summed E-state index contributed by atoms with van der Waals surface area (Å²) in [5.74, 6) is 2.68. The molecule has 2 fully saturated rings. The van der Waals surface area contributed by atoms with Gasteiger partial charge < -0.3 is 5.11 Å². The van der Waals surface area contributed by atoms with E-state index in [-0.39, 0.29) is 6.10 Å². The summed E-state index contributed by atoms with van der Waals surface area (Å²) < 4.78 is 0. The van der Waals surface area contributed by atoms with Gasteiger partial charge in [-0.3, -0.25) is 0 Å². The molecule has 4 unspecified atom stereocenters. The van der Waals surface area contributed by atoms with Crippen LogP contribution in [0.3, 0.4) is 0 Å². The van der Waals surface area contributed by atoms with Gasteiger partial charge in [-0.05, 0) is 47.3 Å². The predicted molar refractivity (Wildman–Crippen MR) is 72.7 cm³/mol. The number of hydrogen-bond donors (Lipinski definition) is 1. The summed E-state index contributed by atoms with van der Waals surface area (Å²) >= 11 is 0. The van der Waals surface area contributed by atoms with E-state index < -0.39 is 0 Å². The lowest BCUT2D eigenvalue weighted by Gasteiger charge is -2.35. The fourth-order valence-corrected chi connectivity index (χ4v) is 4.27. The van der Waals surface area contributed by atoms with E-state index in [2.05, 4.69) is 41.5 Å². The maximum absolute atomic E-state index is 10.7. The van der Waals surface area contributed by atoms with Gasteiger partial charge in [0, 0.05) is 0 Å².